The molecular formula is C18H18N4O4S4. The summed E-state index contributed by atoms with van der Waals surface area (Å²) in [5, 5.41) is 13.2. The van der Waals surface area contributed by atoms with Crippen LogP contribution < -0.4 is 5.32 Å². The number of carbonyl (C=O) groups excluding carboxylic acids is 1. The summed E-state index contributed by atoms with van der Waals surface area (Å²) in [4.78, 5) is 13.9. The number of anilines is 1. The lowest BCUT2D eigenvalue weighted by Crippen LogP contribution is -2.40. The predicted octanol–water partition coefficient (Wildman–Crippen LogP) is 3.17. The zero-order valence-electron chi connectivity index (χ0n) is 15.7. The molecule has 0 radical (unpaired) electrons. The number of carbonyl (C=O) groups is 1. The lowest BCUT2D eigenvalue weighted by Gasteiger charge is -2.26. The van der Waals surface area contributed by atoms with Crippen molar-refractivity contribution in [3.63, 3.8) is 0 Å². The van der Waals surface area contributed by atoms with Crippen molar-refractivity contribution >= 4 is 55.5 Å². The van der Waals surface area contributed by atoms with Gasteiger partial charge in [-0.3, -0.25) is 10.1 Å². The molecule has 1 fully saturated rings. The number of thioether (sulfide) groups is 1. The Balaban J connectivity index is 1.42. The first-order valence-electron chi connectivity index (χ1n) is 9.00. The van der Waals surface area contributed by atoms with Crippen molar-refractivity contribution in [3.05, 3.63) is 52.2 Å². The molecule has 1 aromatic carbocycles. The lowest BCUT2D eigenvalue weighted by molar-refractivity contribution is 0.0730. The Hall–Kier alpha value is -1.83. The van der Waals surface area contributed by atoms with Gasteiger partial charge in [0.2, 0.25) is 15.2 Å². The highest BCUT2D eigenvalue weighted by atomic mass is 32.2. The molecule has 1 aliphatic heterocycles. The maximum atomic E-state index is 12.8. The number of benzene rings is 1. The second-order valence-corrected chi connectivity index (χ2v) is 11.4. The van der Waals surface area contributed by atoms with E-state index in [1.54, 1.807) is 35.2 Å². The molecule has 0 unspecified atom stereocenters. The van der Waals surface area contributed by atoms with Crippen LogP contribution in [0, 0.1) is 0 Å². The third-order valence-corrected chi connectivity index (χ3v) is 9.22. The first-order chi connectivity index (χ1) is 14.5. The molecule has 4 rings (SSSR count). The molecule has 30 heavy (non-hydrogen) atoms. The molecule has 8 nitrogen and oxygen atoms in total. The number of thiophene rings is 1. The highest BCUT2D eigenvalue weighted by Gasteiger charge is 2.27. The van der Waals surface area contributed by atoms with Crippen molar-refractivity contribution in [3.8, 4) is 0 Å². The Morgan fingerprint density at radius 1 is 1.20 bits per heavy atom. The third kappa shape index (κ3) is 5.07. The van der Waals surface area contributed by atoms with Crippen LogP contribution in [0.4, 0.5) is 5.13 Å². The van der Waals surface area contributed by atoms with Crippen molar-refractivity contribution < 1.29 is 17.9 Å². The van der Waals surface area contributed by atoms with E-state index in [4.69, 9.17) is 4.74 Å². The summed E-state index contributed by atoms with van der Waals surface area (Å²) >= 11 is 4.51. The second-order valence-electron chi connectivity index (χ2n) is 6.24. The average molecular weight is 483 g/mol. The zero-order valence-corrected chi connectivity index (χ0v) is 19.0. The molecule has 3 aromatic rings. The maximum absolute atomic E-state index is 12.8. The van der Waals surface area contributed by atoms with Gasteiger partial charge in [-0.1, -0.05) is 35.2 Å². The van der Waals surface area contributed by atoms with E-state index in [1.165, 1.54) is 32.7 Å². The molecule has 0 bridgehead atoms. The van der Waals surface area contributed by atoms with E-state index in [9.17, 15) is 13.2 Å². The van der Waals surface area contributed by atoms with Crippen LogP contribution in [0.25, 0.3) is 0 Å². The van der Waals surface area contributed by atoms with Gasteiger partial charge in [0, 0.05) is 29.3 Å². The molecule has 1 amide bonds. The van der Waals surface area contributed by atoms with Crippen LogP contribution in [0.2, 0.25) is 0 Å². The molecule has 158 valence electrons. The van der Waals surface area contributed by atoms with Gasteiger partial charge in [-0.2, -0.15) is 4.31 Å². The Morgan fingerprint density at radius 2 is 2.03 bits per heavy atom. The molecular weight excluding hydrogens is 464 g/mol. The van der Waals surface area contributed by atoms with Crippen molar-refractivity contribution in [1.29, 1.82) is 0 Å². The van der Waals surface area contributed by atoms with E-state index < -0.39 is 15.9 Å². The number of nitrogens with zero attached hydrogens (tertiary/aromatic N) is 3. The summed E-state index contributed by atoms with van der Waals surface area (Å²) in [5.74, 6) is 0.363. The van der Waals surface area contributed by atoms with Gasteiger partial charge >= 0.3 is 0 Å². The van der Waals surface area contributed by atoms with Crippen LogP contribution in [-0.2, 0) is 20.5 Å². The van der Waals surface area contributed by atoms with Crippen LogP contribution >= 0.6 is 34.4 Å². The van der Waals surface area contributed by atoms with Crippen molar-refractivity contribution in [2.75, 3.05) is 31.6 Å². The molecule has 0 spiro atoms. The van der Waals surface area contributed by atoms with Gasteiger partial charge in [-0.15, -0.1) is 21.5 Å². The van der Waals surface area contributed by atoms with Crippen molar-refractivity contribution in [2.24, 2.45) is 0 Å². The smallest absolute Gasteiger partial charge is 0.257 e. The van der Waals surface area contributed by atoms with E-state index >= 15 is 0 Å². The first-order valence-corrected chi connectivity index (χ1v) is 13.1. The zero-order chi connectivity index (χ0) is 21.0. The first kappa shape index (κ1) is 21.4. The molecule has 2 aromatic heterocycles. The van der Waals surface area contributed by atoms with Crippen LogP contribution in [0.5, 0.6) is 0 Å². The van der Waals surface area contributed by atoms with E-state index in [2.05, 4.69) is 21.6 Å². The summed E-state index contributed by atoms with van der Waals surface area (Å²) in [6.07, 6.45) is 0. The largest absolute Gasteiger partial charge is 0.379 e. The van der Waals surface area contributed by atoms with Crippen LogP contribution in [-0.4, -0.2) is 55.1 Å². The van der Waals surface area contributed by atoms with Gasteiger partial charge in [0.25, 0.3) is 5.91 Å². The number of nitrogens with one attached hydrogen (secondary N) is 1. The minimum absolute atomic E-state index is 0.0847. The fourth-order valence-corrected chi connectivity index (χ4v) is 6.72. The maximum Gasteiger partial charge on any atom is 0.257 e. The lowest BCUT2D eigenvalue weighted by atomic mass is 10.2. The minimum atomic E-state index is -3.67. The van der Waals surface area contributed by atoms with Crippen molar-refractivity contribution in [2.45, 2.75) is 15.0 Å². The highest BCUT2D eigenvalue weighted by molar-refractivity contribution is 8.00. The van der Waals surface area contributed by atoms with E-state index in [0.717, 1.165) is 10.1 Å². The fourth-order valence-electron chi connectivity index (χ4n) is 2.75. The molecule has 0 saturated carbocycles. The molecule has 12 heteroatoms. The molecule has 1 saturated heterocycles. The summed E-state index contributed by atoms with van der Waals surface area (Å²) in [6, 6.07) is 10.1. The van der Waals surface area contributed by atoms with Crippen molar-refractivity contribution in [1.82, 2.24) is 14.5 Å². The number of rotatable bonds is 7. The standard InChI is InChI=1S/C18H18N4O4S4/c23-16(19-17-20-21-18(29-17)28-12-14-4-2-10-27-14)13-3-1-5-15(11-13)30(24,25)22-6-8-26-9-7-22/h1-5,10-11H,6-9,12H2,(H,19,20,23). The third-order valence-electron chi connectivity index (χ3n) is 4.25. The molecule has 1 N–H and O–H groups in total. The molecule has 0 atom stereocenters. The number of morpholine rings is 1. The minimum Gasteiger partial charge on any atom is -0.379 e. The average Bonchev–Trinajstić information content (AvgIpc) is 3.45. The van der Waals surface area contributed by atoms with Gasteiger partial charge in [-0.05, 0) is 29.6 Å². The Kier molecular flexibility index (Phi) is 6.80. The monoisotopic (exact) mass is 482 g/mol. The number of hydrogen-bond donors (Lipinski definition) is 1. The van der Waals surface area contributed by atoms with Crippen LogP contribution in [0.3, 0.4) is 0 Å². The number of aromatic nitrogens is 2. The molecule has 3 heterocycles. The summed E-state index contributed by atoms with van der Waals surface area (Å²) < 4.78 is 33.0. The van der Waals surface area contributed by atoms with E-state index in [0.29, 0.717) is 31.4 Å². The molecule has 0 aliphatic carbocycles. The highest BCUT2D eigenvalue weighted by Crippen LogP contribution is 2.29. The summed E-state index contributed by atoms with van der Waals surface area (Å²) in [5.41, 5.74) is 0.243. The normalized spacial score (nSPS) is 15.2. The van der Waals surface area contributed by atoms with Crippen LogP contribution in [0.1, 0.15) is 15.2 Å². The second kappa shape index (κ2) is 9.54. The quantitative estimate of drug-likeness (QED) is 0.408. The SMILES string of the molecule is O=C(Nc1nnc(SCc2cccs2)s1)c1cccc(S(=O)(=O)N2CCOCC2)c1. The fraction of sp³-hybridized carbons (Fsp3) is 0.278. The van der Waals surface area contributed by atoms with Gasteiger partial charge < -0.3 is 4.74 Å². The Morgan fingerprint density at radius 3 is 2.80 bits per heavy atom. The predicted molar refractivity (Wildman–Crippen MR) is 118 cm³/mol. The Bertz CT molecular complexity index is 1110. The Labute approximate surface area is 186 Å². The summed E-state index contributed by atoms with van der Waals surface area (Å²) in [7, 11) is -3.67. The van der Waals surface area contributed by atoms with E-state index in [1.807, 2.05) is 11.4 Å². The van der Waals surface area contributed by atoms with Gasteiger partial charge in [0.05, 0.1) is 18.1 Å². The summed E-state index contributed by atoms with van der Waals surface area (Å²) in [6.45, 7) is 1.33. The number of sulfonamides is 1. The number of ether oxygens (including phenoxy) is 1. The topological polar surface area (TPSA) is 101 Å². The van der Waals surface area contributed by atoms with Gasteiger partial charge in [0.1, 0.15) is 0 Å². The van der Waals surface area contributed by atoms with Crippen LogP contribution in [0.15, 0.2) is 51.0 Å². The number of hydrogen-bond acceptors (Lipinski definition) is 9. The van der Waals surface area contributed by atoms with E-state index in [-0.39, 0.29) is 10.5 Å². The van der Waals surface area contributed by atoms with Gasteiger partial charge in [0.15, 0.2) is 4.34 Å². The van der Waals surface area contributed by atoms with Gasteiger partial charge in [-0.25, -0.2) is 8.42 Å². The molecule has 1 aliphatic rings. The number of amides is 1.